The van der Waals surface area contributed by atoms with E-state index in [0.29, 0.717) is 5.82 Å². The third kappa shape index (κ3) is 1.89. The standard InChI is InChI=1S/C10H14N4/c1-2-9-11-8-12-10(13-9)14-6-4-3-5-7-14/h2,8H,1,3-7H2. The number of hydrogen-bond acceptors (Lipinski definition) is 4. The molecule has 2 rings (SSSR count). The molecule has 0 unspecified atom stereocenters. The Kier molecular flexibility index (Phi) is 2.72. The highest BCUT2D eigenvalue weighted by Crippen LogP contribution is 2.14. The van der Waals surface area contributed by atoms with Crippen molar-refractivity contribution in [3.05, 3.63) is 18.7 Å². The SMILES string of the molecule is C=Cc1ncnc(N2CCCCC2)n1. The summed E-state index contributed by atoms with van der Waals surface area (Å²) >= 11 is 0. The van der Waals surface area contributed by atoms with Gasteiger partial charge in [0.25, 0.3) is 0 Å². The van der Waals surface area contributed by atoms with Crippen molar-refractivity contribution in [1.29, 1.82) is 0 Å². The lowest BCUT2D eigenvalue weighted by Gasteiger charge is -2.26. The fraction of sp³-hybridized carbons (Fsp3) is 0.500. The van der Waals surface area contributed by atoms with Gasteiger partial charge in [0.2, 0.25) is 5.95 Å². The molecular formula is C10H14N4. The molecule has 4 heteroatoms. The van der Waals surface area contributed by atoms with Crippen molar-refractivity contribution in [3.63, 3.8) is 0 Å². The normalized spacial score (nSPS) is 16.7. The Labute approximate surface area is 83.7 Å². The molecule has 0 atom stereocenters. The van der Waals surface area contributed by atoms with Crippen LogP contribution in [0.3, 0.4) is 0 Å². The summed E-state index contributed by atoms with van der Waals surface area (Å²) in [6, 6.07) is 0. The Hall–Kier alpha value is -1.45. The fourth-order valence-electron chi connectivity index (χ4n) is 1.64. The Morgan fingerprint density at radius 2 is 2.00 bits per heavy atom. The topological polar surface area (TPSA) is 41.9 Å². The Morgan fingerprint density at radius 3 is 2.71 bits per heavy atom. The van der Waals surface area contributed by atoms with E-state index in [1.54, 1.807) is 12.4 Å². The molecule has 1 fully saturated rings. The van der Waals surface area contributed by atoms with Crippen LogP contribution in [-0.4, -0.2) is 28.0 Å². The van der Waals surface area contributed by atoms with Crippen molar-refractivity contribution >= 4 is 12.0 Å². The Bertz CT molecular complexity index is 318. The number of piperidine rings is 1. The van der Waals surface area contributed by atoms with E-state index in [1.807, 2.05) is 0 Å². The van der Waals surface area contributed by atoms with Crippen LogP contribution in [0.5, 0.6) is 0 Å². The van der Waals surface area contributed by atoms with E-state index in [2.05, 4.69) is 26.4 Å². The van der Waals surface area contributed by atoms with Crippen LogP contribution < -0.4 is 4.90 Å². The summed E-state index contributed by atoms with van der Waals surface area (Å²) in [7, 11) is 0. The third-order valence-electron chi connectivity index (χ3n) is 2.40. The van der Waals surface area contributed by atoms with Gasteiger partial charge in [-0.05, 0) is 25.3 Å². The van der Waals surface area contributed by atoms with Crippen LogP contribution in [0.15, 0.2) is 12.9 Å². The highest BCUT2D eigenvalue weighted by molar-refractivity contribution is 5.39. The summed E-state index contributed by atoms with van der Waals surface area (Å²) in [5.41, 5.74) is 0. The quantitative estimate of drug-likeness (QED) is 0.708. The van der Waals surface area contributed by atoms with Gasteiger partial charge in [-0.2, -0.15) is 4.98 Å². The van der Waals surface area contributed by atoms with Crippen LogP contribution in [0.25, 0.3) is 6.08 Å². The van der Waals surface area contributed by atoms with Crippen LogP contribution in [0.2, 0.25) is 0 Å². The second-order valence-electron chi connectivity index (χ2n) is 3.40. The van der Waals surface area contributed by atoms with Gasteiger partial charge in [-0.15, -0.1) is 0 Å². The first-order valence-corrected chi connectivity index (χ1v) is 4.96. The zero-order valence-electron chi connectivity index (χ0n) is 8.19. The number of rotatable bonds is 2. The van der Waals surface area contributed by atoms with Gasteiger partial charge in [-0.25, -0.2) is 9.97 Å². The van der Waals surface area contributed by atoms with E-state index in [4.69, 9.17) is 0 Å². The smallest absolute Gasteiger partial charge is 0.228 e. The largest absolute Gasteiger partial charge is 0.341 e. The summed E-state index contributed by atoms with van der Waals surface area (Å²) in [4.78, 5) is 14.7. The monoisotopic (exact) mass is 190 g/mol. The molecule has 1 aliphatic heterocycles. The van der Waals surface area contributed by atoms with Crippen molar-refractivity contribution in [2.45, 2.75) is 19.3 Å². The number of nitrogens with zero attached hydrogens (tertiary/aromatic N) is 4. The van der Waals surface area contributed by atoms with Gasteiger partial charge in [0.15, 0.2) is 5.82 Å². The first-order valence-electron chi connectivity index (χ1n) is 4.96. The molecule has 4 nitrogen and oxygen atoms in total. The molecule has 0 spiro atoms. The van der Waals surface area contributed by atoms with Crippen molar-refractivity contribution in [1.82, 2.24) is 15.0 Å². The van der Waals surface area contributed by atoms with Gasteiger partial charge in [0.05, 0.1) is 0 Å². The molecule has 74 valence electrons. The van der Waals surface area contributed by atoms with Crippen molar-refractivity contribution in [2.75, 3.05) is 18.0 Å². The molecule has 0 radical (unpaired) electrons. The molecule has 0 N–H and O–H groups in total. The average molecular weight is 190 g/mol. The van der Waals surface area contributed by atoms with Gasteiger partial charge < -0.3 is 4.90 Å². The molecule has 0 aromatic carbocycles. The van der Waals surface area contributed by atoms with Crippen LogP contribution in [0.4, 0.5) is 5.95 Å². The Balaban J connectivity index is 2.17. The molecule has 1 aromatic rings. The molecule has 1 aliphatic rings. The number of aromatic nitrogens is 3. The predicted octanol–water partition coefficient (Wildman–Crippen LogP) is 1.50. The predicted molar refractivity (Wildman–Crippen MR) is 56.0 cm³/mol. The summed E-state index contributed by atoms with van der Waals surface area (Å²) in [5, 5.41) is 0. The molecule has 0 aliphatic carbocycles. The maximum Gasteiger partial charge on any atom is 0.228 e. The summed E-state index contributed by atoms with van der Waals surface area (Å²) < 4.78 is 0. The number of hydrogen-bond donors (Lipinski definition) is 0. The van der Waals surface area contributed by atoms with Gasteiger partial charge in [-0.3, -0.25) is 0 Å². The van der Waals surface area contributed by atoms with E-state index in [9.17, 15) is 0 Å². The zero-order valence-corrected chi connectivity index (χ0v) is 8.19. The lowest BCUT2D eigenvalue weighted by atomic mass is 10.1. The van der Waals surface area contributed by atoms with Gasteiger partial charge in [-0.1, -0.05) is 6.58 Å². The van der Waals surface area contributed by atoms with Crippen LogP contribution >= 0.6 is 0 Å². The summed E-state index contributed by atoms with van der Waals surface area (Å²) in [5.74, 6) is 1.44. The van der Waals surface area contributed by atoms with E-state index in [1.165, 1.54) is 19.3 Å². The minimum Gasteiger partial charge on any atom is -0.341 e. The first-order chi connectivity index (χ1) is 6.90. The first kappa shape index (κ1) is 9.12. The van der Waals surface area contributed by atoms with E-state index >= 15 is 0 Å². The van der Waals surface area contributed by atoms with Gasteiger partial charge >= 0.3 is 0 Å². The van der Waals surface area contributed by atoms with Crippen molar-refractivity contribution in [3.8, 4) is 0 Å². The van der Waals surface area contributed by atoms with E-state index in [0.717, 1.165) is 19.0 Å². The lowest BCUT2D eigenvalue weighted by molar-refractivity contribution is 0.567. The molecular weight excluding hydrogens is 176 g/mol. The highest BCUT2D eigenvalue weighted by Gasteiger charge is 2.13. The summed E-state index contributed by atoms with van der Waals surface area (Å²) in [6.45, 7) is 5.76. The summed E-state index contributed by atoms with van der Waals surface area (Å²) in [6.07, 6.45) is 6.98. The molecule has 1 saturated heterocycles. The second-order valence-corrected chi connectivity index (χ2v) is 3.40. The van der Waals surface area contributed by atoms with Gasteiger partial charge in [0, 0.05) is 13.1 Å². The number of anilines is 1. The van der Waals surface area contributed by atoms with E-state index < -0.39 is 0 Å². The second kappa shape index (κ2) is 4.17. The molecule has 14 heavy (non-hydrogen) atoms. The minimum atomic E-state index is 0.653. The molecule has 2 heterocycles. The van der Waals surface area contributed by atoms with Crippen molar-refractivity contribution in [2.24, 2.45) is 0 Å². The van der Waals surface area contributed by atoms with Crippen LogP contribution in [-0.2, 0) is 0 Å². The van der Waals surface area contributed by atoms with E-state index in [-0.39, 0.29) is 0 Å². The lowest BCUT2D eigenvalue weighted by Crippen LogP contribution is -2.31. The third-order valence-corrected chi connectivity index (χ3v) is 2.40. The van der Waals surface area contributed by atoms with Crippen LogP contribution in [0.1, 0.15) is 25.1 Å². The van der Waals surface area contributed by atoms with Crippen LogP contribution in [0, 0.1) is 0 Å². The maximum absolute atomic E-state index is 4.30. The zero-order chi connectivity index (χ0) is 9.80. The Morgan fingerprint density at radius 1 is 1.21 bits per heavy atom. The highest BCUT2D eigenvalue weighted by atomic mass is 15.3. The fourth-order valence-corrected chi connectivity index (χ4v) is 1.64. The minimum absolute atomic E-state index is 0.653. The average Bonchev–Trinajstić information content (AvgIpc) is 2.30. The van der Waals surface area contributed by atoms with Gasteiger partial charge in [0.1, 0.15) is 6.33 Å². The molecule has 1 aromatic heterocycles. The molecule has 0 saturated carbocycles. The molecule has 0 amide bonds. The van der Waals surface area contributed by atoms with Crippen molar-refractivity contribution < 1.29 is 0 Å². The maximum atomic E-state index is 4.30. The molecule has 0 bridgehead atoms.